The monoisotopic (exact) mass is 187 g/mol. The molecular weight excluding hydrogens is 178 g/mol. The molecule has 60 valence electrons. The number of thioether (sulfide) groups is 1. The van der Waals surface area contributed by atoms with E-state index in [0.717, 1.165) is 16.6 Å². The van der Waals surface area contributed by atoms with E-state index in [9.17, 15) is 0 Å². The molecule has 0 unspecified atom stereocenters. The fraction of sp³-hybridized carbons (Fsp3) is 0.375. The van der Waals surface area contributed by atoms with Gasteiger partial charge in [0.05, 0.1) is 11.6 Å². The van der Waals surface area contributed by atoms with E-state index in [0.29, 0.717) is 0 Å². The molecule has 1 aliphatic rings. The van der Waals surface area contributed by atoms with Crippen LogP contribution >= 0.6 is 23.4 Å². The van der Waals surface area contributed by atoms with Gasteiger partial charge in [0.1, 0.15) is 0 Å². The largest absolute Gasteiger partial charge is 0.278 e. The van der Waals surface area contributed by atoms with E-state index in [4.69, 9.17) is 11.6 Å². The lowest BCUT2D eigenvalue weighted by atomic mass is 10.4. The van der Waals surface area contributed by atoms with Gasteiger partial charge in [0.15, 0.2) is 0 Å². The highest BCUT2D eigenvalue weighted by Gasteiger charge is 2.06. The first-order valence-electron chi connectivity index (χ1n) is 3.40. The average Bonchev–Trinajstić information content (AvgIpc) is 2.31. The van der Waals surface area contributed by atoms with E-state index in [1.165, 1.54) is 4.91 Å². The van der Waals surface area contributed by atoms with Crippen molar-refractivity contribution in [3.05, 3.63) is 22.1 Å². The van der Waals surface area contributed by atoms with Crippen molar-refractivity contribution in [1.82, 2.24) is 0 Å². The van der Waals surface area contributed by atoms with Crippen LogP contribution < -0.4 is 0 Å². The maximum absolute atomic E-state index is 5.66. The molecule has 1 aliphatic heterocycles. The SMILES string of the molecule is CC1=NC/C(=C\C=C(/C)Cl)S1. The van der Waals surface area contributed by atoms with Crippen molar-refractivity contribution in [1.29, 1.82) is 0 Å². The number of hydrogen-bond acceptors (Lipinski definition) is 2. The standard InChI is InChI=1S/C8H10ClNS/c1-6(9)3-4-8-5-10-7(2)11-8/h3-4H,5H2,1-2H3/b6-3+,8-4+. The lowest BCUT2D eigenvalue weighted by Gasteiger charge is -1.89. The highest BCUT2D eigenvalue weighted by Crippen LogP contribution is 2.24. The summed E-state index contributed by atoms with van der Waals surface area (Å²) in [7, 11) is 0. The van der Waals surface area contributed by atoms with E-state index in [1.54, 1.807) is 11.8 Å². The van der Waals surface area contributed by atoms with Gasteiger partial charge in [-0.2, -0.15) is 0 Å². The van der Waals surface area contributed by atoms with Crippen molar-refractivity contribution in [2.45, 2.75) is 13.8 Å². The van der Waals surface area contributed by atoms with Gasteiger partial charge in [-0.1, -0.05) is 23.4 Å². The van der Waals surface area contributed by atoms with Crippen molar-refractivity contribution < 1.29 is 0 Å². The third-order valence-electron chi connectivity index (χ3n) is 1.24. The van der Waals surface area contributed by atoms with Gasteiger partial charge in [0.2, 0.25) is 0 Å². The van der Waals surface area contributed by atoms with Crippen LogP contribution in [0.3, 0.4) is 0 Å². The summed E-state index contributed by atoms with van der Waals surface area (Å²) in [6, 6.07) is 0. The smallest absolute Gasteiger partial charge is 0.0712 e. The first-order valence-corrected chi connectivity index (χ1v) is 4.60. The third kappa shape index (κ3) is 3.12. The highest BCUT2D eigenvalue weighted by atomic mass is 35.5. The molecule has 0 aromatic heterocycles. The van der Waals surface area contributed by atoms with Crippen molar-refractivity contribution in [3.8, 4) is 0 Å². The molecule has 0 amide bonds. The zero-order valence-corrected chi connectivity index (χ0v) is 8.17. The zero-order chi connectivity index (χ0) is 8.27. The normalized spacial score (nSPS) is 22.6. The molecule has 0 N–H and O–H groups in total. The lowest BCUT2D eigenvalue weighted by Crippen LogP contribution is -1.73. The Hall–Kier alpha value is -0.210. The Balaban J connectivity index is 2.53. The number of halogens is 1. The van der Waals surface area contributed by atoms with Crippen molar-refractivity contribution in [2.75, 3.05) is 6.54 Å². The van der Waals surface area contributed by atoms with Crippen LogP contribution in [0.5, 0.6) is 0 Å². The third-order valence-corrected chi connectivity index (χ3v) is 2.31. The van der Waals surface area contributed by atoms with Gasteiger partial charge in [-0.25, -0.2) is 0 Å². The molecule has 11 heavy (non-hydrogen) atoms. The summed E-state index contributed by atoms with van der Waals surface area (Å²) >= 11 is 7.38. The molecular formula is C8H10ClNS. The number of allylic oxidation sites excluding steroid dienone is 3. The fourth-order valence-electron chi connectivity index (χ4n) is 0.738. The maximum atomic E-state index is 5.66. The van der Waals surface area contributed by atoms with Crippen molar-refractivity contribution >= 4 is 28.4 Å². The van der Waals surface area contributed by atoms with E-state index < -0.39 is 0 Å². The quantitative estimate of drug-likeness (QED) is 0.614. The van der Waals surface area contributed by atoms with Gasteiger partial charge in [0.25, 0.3) is 0 Å². The molecule has 1 heterocycles. The highest BCUT2D eigenvalue weighted by molar-refractivity contribution is 8.17. The summed E-state index contributed by atoms with van der Waals surface area (Å²) in [5.74, 6) is 0. The van der Waals surface area contributed by atoms with Crippen molar-refractivity contribution in [3.63, 3.8) is 0 Å². The van der Waals surface area contributed by atoms with Crippen LogP contribution in [0.2, 0.25) is 0 Å². The van der Waals surface area contributed by atoms with Crippen LogP contribution in [0, 0.1) is 0 Å². The number of nitrogens with zero attached hydrogens (tertiary/aromatic N) is 1. The topological polar surface area (TPSA) is 12.4 Å². The first kappa shape index (κ1) is 8.88. The molecule has 0 bridgehead atoms. The average molecular weight is 188 g/mol. The van der Waals surface area contributed by atoms with Gasteiger partial charge in [-0.15, -0.1) is 0 Å². The van der Waals surface area contributed by atoms with E-state index in [2.05, 4.69) is 4.99 Å². The predicted molar refractivity (Wildman–Crippen MR) is 53.3 cm³/mol. The summed E-state index contributed by atoms with van der Waals surface area (Å²) in [6.45, 7) is 4.70. The fourth-order valence-corrected chi connectivity index (χ4v) is 1.57. The Kier molecular flexibility index (Phi) is 3.21. The van der Waals surface area contributed by atoms with Crippen LogP contribution in [-0.4, -0.2) is 11.6 Å². The molecule has 0 aromatic carbocycles. The Morgan fingerprint density at radius 2 is 2.45 bits per heavy atom. The van der Waals surface area contributed by atoms with E-state index in [-0.39, 0.29) is 0 Å². The number of hydrogen-bond donors (Lipinski definition) is 0. The molecule has 0 atom stereocenters. The molecule has 3 heteroatoms. The summed E-state index contributed by atoms with van der Waals surface area (Å²) in [4.78, 5) is 5.50. The first-order chi connectivity index (χ1) is 5.18. The van der Waals surface area contributed by atoms with Crippen molar-refractivity contribution in [2.24, 2.45) is 4.99 Å². The van der Waals surface area contributed by atoms with Gasteiger partial charge in [-0.05, 0) is 26.0 Å². The summed E-state index contributed by atoms with van der Waals surface area (Å²) < 4.78 is 0. The van der Waals surface area contributed by atoms with E-state index in [1.807, 2.05) is 26.0 Å². The van der Waals surface area contributed by atoms with Crippen LogP contribution in [0.1, 0.15) is 13.8 Å². The zero-order valence-electron chi connectivity index (χ0n) is 6.60. The van der Waals surface area contributed by atoms with Gasteiger partial charge >= 0.3 is 0 Å². The summed E-state index contributed by atoms with van der Waals surface area (Å²) in [5.41, 5.74) is 0. The van der Waals surface area contributed by atoms with Crippen LogP contribution in [-0.2, 0) is 0 Å². The second-order valence-electron chi connectivity index (χ2n) is 2.32. The van der Waals surface area contributed by atoms with Crippen LogP contribution in [0.4, 0.5) is 0 Å². The van der Waals surface area contributed by atoms with Gasteiger partial charge < -0.3 is 0 Å². The molecule has 0 aromatic rings. The van der Waals surface area contributed by atoms with Gasteiger partial charge in [0, 0.05) is 9.94 Å². The molecule has 1 rings (SSSR count). The Morgan fingerprint density at radius 1 is 1.73 bits per heavy atom. The van der Waals surface area contributed by atoms with Gasteiger partial charge in [-0.3, -0.25) is 4.99 Å². The summed E-state index contributed by atoms with van der Waals surface area (Å²) in [6.07, 6.45) is 3.92. The summed E-state index contributed by atoms with van der Waals surface area (Å²) in [5, 5.41) is 1.94. The minimum absolute atomic E-state index is 0.808. The minimum Gasteiger partial charge on any atom is -0.278 e. The minimum atomic E-state index is 0.808. The second-order valence-corrected chi connectivity index (χ2v) is 4.24. The lowest BCUT2D eigenvalue weighted by molar-refractivity contribution is 1.25. The molecule has 0 saturated carbocycles. The Morgan fingerprint density at radius 3 is 2.91 bits per heavy atom. The number of aliphatic imine (C=N–C) groups is 1. The molecule has 0 aliphatic carbocycles. The molecule has 0 radical (unpaired) electrons. The van der Waals surface area contributed by atoms with Crippen LogP contribution in [0.15, 0.2) is 27.1 Å². The molecule has 0 spiro atoms. The van der Waals surface area contributed by atoms with Crippen LogP contribution in [0.25, 0.3) is 0 Å². The molecule has 0 saturated heterocycles. The molecule has 0 fully saturated rings. The number of rotatable bonds is 1. The Bertz CT molecular complexity index is 236. The van der Waals surface area contributed by atoms with E-state index >= 15 is 0 Å². The predicted octanol–water partition coefficient (Wildman–Crippen LogP) is 3.18. The second kappa shape index (κ2) is 3.98. The Labute approximate surface area is 76.2 Å². The molecule has 1 nitrogen and oxygen atoms in total. The maximum Gasteiger partial charge on any atom is 0.0712 e.